The summed E-state index contributed by atoms with van der Waals surface area (Å²) in [5.41, 5.74) is 0.897. The Morgan fingerprint density at radius 3 is 2.36 bits per heavy atom. The third-order valence-electron chi connectivity index (χ3n) is 5.75. The lowest BCUT2D eigenvalue weighted by Crippen LogP contribution is -2.60. The standard InChI is InChI=1S/C22H21ClN2O3/c1-14-6-5-9-17-18(14)20(27)25(19(17)26)22(12-10-15(23)11-13-22)21(28)24-16-7-3-2-4-8-16/h2-9,15H,10-13H2,1H3,(H,24,28). The minimum atomic E-state index is -1.24. The third kappa shape index (κ3) is 2.90. The molecular weight excluding hydrogens is 376 g/mol. The predicted octanol–water partition coefficient (Wildman–Crippen LogP) is 4.15. The fourth-order valence-corrected chi connectivity index (χ4v) is 4.44. The lowest BCUT2D eigenvalue weighted by atomic mass is 9.79. The minimum absolute atomic E-state index is 0.0606. The number of amides is 3. The first-order chi connectivity index (χ1) is 13.4. The van der Waals surface area contributed by atoms with Gasteiger partial charge in [-0.3, -0.25) is 19.3 Å². The van der Waals surface area contributed by atoms with Crippen LogP contribution in [-0.4, -0.2) is 33.5 Å². The van der Waals surface area contributed by atoms with Crippen LogP contribution in [0.2, 0.25) is 0 Å². The van der Waals surface area contributed by atoms with Gasteiger partial charge in [-0.15, -0.1) is 11.6 Å². The second kappa shape index (κ2) is 7.06. The van der Waals surface area contributed by atoms with Crippen LogP contribution in [0.1, 0.15) is 52.0 Å². The van der Waals surface area contributed by atoms with Crippen molar-refractivity contribution in [2.45, 2.75) is 43.5 Å². The number of rotatable bonds is 3. The Morgan fingerprint density at radius 1 is 1.04 bits per heavy atom. The average molecular weight is 397 g/mol. The number of nitrogens with one attached hydrogen (secondary N) is 1. The van der Waals surface area contributed by atoms with Crippen molar-refractivity contribution in [1.82, 2.24) is 4.90 Å². The number of alkyl halides is 1. The molecule has 1 saturated carbocycles. The first-order valence-electron chi connectivity index (χ1n) is 9.43. The van der Waals surface area contributed by atoms with E-state index in [2.05, 4.69) is 5.32 Å². The van der Waals surface area contributed by atoms with Gasteiger partial charge in [-0.25, -0.2) is 0 Å². The van der Waals surface area contributed by atoms with Crippen LogP contribution in [0.3, 0.4) is 0 Å². The molecule has 0 saturated heterocycles. The zero-order chi connectivity index (χ0) is 19.9. The van der Waals surface area contributed by atoms with Crippen LogP contribution in [0.15, 0.2) is 48.5 Å². The summed E-state index contributed by atoms with van der Waals surface area (Å²) in [5.74, 6) is -1.14. The Labute approximate surface area is 168 Å². The zero-order valence-electron chi connectivity index (χ0n) is 15.6. The van der Waals surface area contributed by atoms with Crippen molar-refractivity contribution in [1.29, 1.82) is 0 Å². The maximum absolute atomic E-state index is 13.4. The first kappa shape index (κ1) is 18.7. The van der Waals surface area contributed by atoms with Gasteiger partial charge in [0, 0.05) is 11.1 Å². The van der Waals surface area contributed by atoms with Crippen LogP contribution in [0.4, 0.5) is 5.69 Å². The SMILES string of the molecule is Cc1cccc2c1C(=O)N(C1(C(=O)Nc3ccccc3)CCC(Cl)CC1)C2=O. The average Bonchev–Trinajstić information content (AvgIpc) is 2.95. The van der Waals surface area contributed by atoms with Crippen molar-refractivity contribution in [3.8, 4) is 0 Å². The Hall–Kier alpha value is -2.66. The van der Waals surface area contributed by atoms with E-state index in [1.54, 1.807) is 37.3 Å². The van der Waals surface area contributed by atoms with Gasteiger partial charge in [0.2, 0.25) is 0 Å². The molecule has 0 unspecified atom stereocenters. The summed E-state index contributed by atoms with van der Waals surface area (Å²) >= 11 is 6.28. The smallest absolute Gasteiger partial charge is 0.262 e. The van der Waals surface area contributed by atoms with Gasteiger partial charge in [0.05, 0.1) is 11.1 Å². The summed E-state index contributed by atoms with van der Waals surface area (Å²) in [6.07, 6.45) is 1.83. The van der Waals surface area contributed by atoms with E-state index in [1.807, 2.05) is 18.2 Å². The van der Waals surface area contributed by atoms with Crippen molar-refractivity contribution in [2.75, 3.05) is 5.32 Å². The highest BCUT2D eigenvalue weighted by atomic mass is 35.5. The number of imide groups is 1. The van der Waals surface area contributed by atoms with E-state index in [-0.39, 0.29) is 11.3 Å². The summed E-state index contributed by atoms with van der Waals surface area (Å²) in [5, 5.41) is 2.84. The lowest BCUT2D eigenvalue weighted by molar-refractivity contribution is -0.127. The number of hydrogen-bond donors (Lipinski definition) is 1. The summed E-state index contributed by atoms with van der Waals surface area (Å²) < 4.78 is 0. The van der Waals surface area contributed by atoms with Crippen molar-refractivity contribution in [3.05, 3.63) is 65.2 Å². The molecule has 28 heavy (non-hydrogen) atoms. The number of para-hydroxylation sites is 1. The van der Waals surface area contributed by atoms with E-state index in [4.69, 9.17) is 11.6 Å². The van der Waals surface area contributed by atoms with Gasteiger partial charge in [-0.05, 0) is 56.4 Å². The normalized spacial score (nSPS) is 24.2. The molecule has 1 heterocycles. The number of fused-ring (bicyclic) bond motifs is 1. The number of halogens is 1. The van der Waals surface area contributed by atoms with Crippen LogP contribution in [-0.2, 0) is 4.79 Å². The van der Waals surface area contributed by atoms with Gasteiger partial charge in [-0.2, -0.15) is 0 Å². The molecule has 144 valence electrons. The molecule has 1 aliphatic carbocycles. The Balaban J connectivity index is 1.75. The molecule has 2 aromatic rings. The number of nitrogens with zero attached hydrogens (tertiary/aromatic N) is 1. The predicted molar refractivity (Wildman–Crippen MR) is 108 cm³/mol. The zero-order valence-corrected chi connectivity index (χ0v) is 16.3. The van der Waals surface area contributed by atoms with Crippen LogP contribution in [0.25, 0.3) is 0 Å². The molecule has 0 aromatic heterocycles. The molecule has 1 N–H and O–H groups in total. The van der Waals surface area contributed by atoms with Gasteiger partial charge < -0.3 is 5.32 Å². The molecule has 2 aromatic carbocycles. The van der Waals surface area contributed by atoms with Gasteiger partial charge >= 0.3 is 0 Å². The molecule has 6 heteroatoms. The highest BCUT2D eigenvalue weighted by Crippen LogP contribution is 2.41. The van der Waals surface area contributed by atoms with Gasteiger partial charge in [-0.1, -0.05) is 30.3 Å². The fourth-order valence-electron chi connectivity index (χ4n) is 4.22. The van der Waals surface area contributed by atoms with Gasteiger partial charge in [0.1, 0.15) is 5.54 Å². The third-order valence-corrected chi connectivity index (χ3v) is 6.18. The molecule has 1 fully saturated rings. The molecule has 0 atom stereocenters. The van der Waals surface area contributed by atoms with E-state index in [0.29, 0.717) is 42.5 Å². The Kier molecular flexibility index (Phi) is 4.71. The van der Waals surface area contributed by atoms with E-state index in [0.717, 1.165) is 5.56 Å². The van der Waals surface area contributed by atoms with Crippen molar-refractivity contribution in [3.63, 3.8) is 0 Å². The van der Waals surface area contributed by atoms with Gasteiger partial charge in [0.25, 0.3) is 17.7 Å². The van der Waals surface area contributed by atoms with E-state index in [9.17, 15) is 14.4 Å². The number of benzene rings is 2. The second-order valence-corrected chi connectivity index (χ2v) is 8.09. The summed E-state index contributed by atoms with van der Waals surface area (Å²) in [6, 6.07) is 14.3. The maximum Gasteiger partial charge on any atom is 0.262 e. The van der Waals surface area contributed by atoms with Crippen LogP contribution >= 0.6 is 11.6 Å². The largest absolute Gasteiger partial charge is 0.324 e. The summed E-state index contributed by atoms with van der Waals surface area (Å²) in [4.78, 5) is 41.1. The van der Waals surface area contributed by atoms with Crippen LogP contribution < -0.4 is 5.32 Å². The van der Waals surface area contributed by atoms with Crippen molar-refractivity contribution < 1.29 is 14.4 Å². The van der Waals surface area contributed by atoms with E-state index in [1.165, 1.54) is 4.90 Å². The quantitative estimate of drug-likeness (QED) is 0.626. The maximum atomic E-state index is 13.4. The highest BCUT2D eigenvalue weighted by Gasteiger charge is 2.54. The Bertz CT molecular complexity index is 950. The molecule has 3 amide bonds. The fraction of sp³-hybridized carbons (Fsp3) is 0.318. The molecule has 1 aliphatic heterocycles. The molecule has 4 rings (SSSR count). The summed E-state index contributed by atoms with van der Waals surface area (Å²) in [6.45, 7) is 1.81. The molecule has 2 aliphatic rings. The van der Waals surface area contributed by atoms with Gasteiger partial charge in [0.15, 0.2) is 0 Å². The van der Waals surface area contributed by atoms with Crippen LogP contribution in [0, 0.1) is 6.92 Å². The molecule has 0 bridgehead atoms. The number of carbonyl (C=O) groups excluding carboxylic acids is 3. The molecular formula is C22H21ClN2O3. The number of hydrogen-bond acceptors (Lipinski definition) is 3. The summed E-state index contributed by atoms with van der Waals surface area (Å²) in [7, 11) is 0. The van der Waals surface area contributed by atoms with Crippen molar-refractivity contribution in [2.24, 2.45) is 0 Å². The first-order valence-corrected chi connectivity index (χ1v) is 9.87. The molecule has 0 spiro atoms. The van der Waals surface area contributed by atoms with Crippen molar-refractivity contribution >= 4 is 35.0 Å². The minimum Gasteiger partial charge on any atom is -0.324 e. The Morgan fingerprint density at radius 2 is 1.71 bits per heavy atom. The highest BCUT2D eigenvalue weighted by molar-refractivity contribution is 6.25. The van der Waals surface area contributed by atoms with E-state index < -0.39 is 17.4 Å². The monoisotopic (exact) mass is 396 g/mol. The second-order valence-electron chi connectivity index (χ2n) is 7.47. The number of carbonyl (C=O) groups is 3. The van der Waals surface area contributed by atoms with Crippen LogP contribution in [0.5, 0.6) is 0 Å². The number of aryl methyl sites for hydroxylation is 1. The topological polar surface area (TPSA) is 66.5 Å². The van der Waals surface area contributed by atoms with E-state index >= 15 is 0 Å². The lowest BCUT2D eigenvalue weighted by Gasteiger charge is -2.42. The molecule has 5 nitrogen and oxygen atoms in total. The number of anilines is 1. The molecule has 0 radical (unpaired) electrons.